The minimum Gasteiger partial charge on any atom is -0.375 e. The summed E-state index contributed by atoms with van der Waals surface area (Å²) in [6, 6.07) is 0.144. The zero-order valence-corrected chi connectivity index (χ0v) is 25.9. The van der Waals surface area contributed by atoms with Crippen LogP contribution in [0.3, 0.4) is 0 Å². The number of anilines is 1. The van der Waals surface area contributed by atoms with Crippen molar-refractivity contribution in [2.24, 2.45) is 0 Å². The van der Waals surface area contributed by atoms with Gasteiger partial charge < -0.3 is 16.0 Å². The first-order chi connectivity index (χ1) is 20.0. The van der Waals surface area contributed by atoms with Crippen molar-refractivity contribution in [1.29, 1.82) is 0 Å². The zero-order valence-electron chi connectivity index (χ0n) is 25.1. The fourth-order valence-corrected chi connectivity index (χ4v) is 5.56. The number of nitrogens with two attached hydrogens (primary N) is 1. The molecule has 1 aromatic heterocycles. The highest BCUT2D eigenvalue weighted by Crippen LogP contribution is 2.30. The molecule has 224 valence electrons. The molecule has 2 amide bonds. The lowest BCUT2D eigenvalue weighted by atomic mass is 9.96. The standard InChI is InChI=1S/C34H50N4O2S/c1-3-5-6-7-8-9-10-11-12-13-14-15-16-17-18-19-20-21-22-23-32(39)36-28-33(40)38(26-4-2)29-24-25-30-31(27-29)41-34(35)37-30/h5-6,8-9,11-12,14-15,17-18,20-21,29H,3-4,7,10,13,16,19,22-28H2,1-2H3,(H2,35,37)(H,36,39). The summed E-state index contributed by atoms with van der Waals surface area (Å²) in [7, 11) is 0. The van der Waals surface area contributed by atoms with Crippen molar-refractivity contribution in [2.75, 3.05) is 18.8 Å². The topological polar surface area (TPSA) is 88.3 Å². The quantitative estimate of drug-likeness (QED) is 0.167. The molecule has 0 aliphatic heterocycles. The molecule has 1 unspecified atom stereocenters. The first kappa shape index (κ1) is 34.0. The molecule has 1 aromatic rings. The van der Waals surface area contributed by atoms with Crippen LogP contribution in [0.4, 0.5) is 5.13 Å². The van der Waals surface area contributed by atoms with Crippen LogP contribution in [0.5, 0.6) is 0 Å². The maximum atomic E-state index is 12.9. The summed E-state index contributed by atoms with van der Waals surface area (Å²) < 4.78 is 0. The van der Waals surface area contributed by atoms with Crippen molar-refractivity contribution >= 4 is 28.3 Å². The number of nitrogen functional groups attached to an aromatic ring is 1. The van der Waals surface area contributed by atoms with E-state index in [9.17, 15) is 9.59 Å². The van der Waals surface area contributed by atoms with Gasteiger partial charge in [0.25, 0.3) is 0 Å². The van der Waals surface area contributed by atoms with Gasteiger partial charge in [-0.15, -0.1) is 11.3 Å². The van der Waals surface area contributed by atoms with E-state index < -0.39 is 0 Å². The third-order valence-corrected chi connectivity index (χ3v) is 7.68. The molecule has 1 atom stereocenters. The Hall–Kier alpha value is -3.19. The molecule has 3 N–H and O–H groups in total. The second-order valence-electron chi connectivity index (χ2n) is 10.1. The molecule has 2 rings (SSSR count). The number of aromatic nitrogens is 1. The number of allylic oxidation sites excluding steroid dienone is 12. The van der Waals surface area contributed by atoms with E-state index in [-0.39, 0.29) is 24.4 Å². The third-order valence-electron chi connectivity index (χ3n) is 6.73. The molecule has 0 saturated heterocycles. The van der Waals surface area contributed by atoms with Crippen LogP contribution in [0, 0.1) is 0 Å². The molecular weight excluding hydrogens is 528 g/mol. The average Bonchev–Trinajstić information content (AvgIpc) is 3.35. The van der Waals surface area contributed by atoms with Gasteiger partial charge in [-0.1, -0.05) is 86.8 Å². The second-order valence-corrected chi connectivity index (χ2v) is 11.3. The zero-order chi connectivity index (χ0) is 29.5. The SMILES string of the molecule is CCC=CCC=CCC=CCC=CCC=CCC=CCCC(=O)NCC(=O)N(CCC)C1CCc2nc(N)sc2C1. The van der Waals surface area contributed by atoms with Gasteiger partial charge in [-0.05, 0) is 64.2 Å². The van der Waals surface area contributed by atoms with E-state index in [0.717, 1.165) is 69.9 Å². The number of nitrogens with zero attached hydrogens (tertiary/aromatic N) is 2. The Labute approximate surface area is 251 Å². The molecule has 0 radical (unpaired) electrons. The van der Waals surface area contributed by atoms with Gasteiger partial charge in [0, 0.05) is 30.3 Å². The Kier molecular flexibility index (Phi) is 17.9. The predicted molar refractivity (Wildman–Crippen MR) is 175 cm³/mol. The number of carbonyl (C=O) groups excluding carboxylic acids is 2. The van der Waals surface area contributed by atoms with Crippen molar-refractivity contribution in [3.05, 3.63) is 83.5 Å². The Morgan fingerprint density at radius 3 is 2.02 bits per heavy atom. The monoisotopic (exact) mass is 578 g/mol. The van der Waals surface area contributed by atoms with Crippen molar-refractivity contribution in [2.45, 2.75) is 96.9 Å². The summed E-state index contributed by atoms with van der Waals surface area (Å²) in [5.41, 5.74) is 6.95. The third kappa shape index (κ3) is 14.8. The second kappa shape index (κ2) is 21.5. The highest BCUT2D eigenvalue weighted by atomic mass is 32.1. The van der Waals surface area contributed by atoms with Crippen molar-refractivity contribution in [3.63, 3.8) is 0 Å². The summed E-state index contributed by atoms with van der Waals surface area (Å²) >= 11 is 1.52. The van der Waals surface area contributed by atoms with Gasteiger partial charge in [-0.25, -0.2) is 4.98 Å². The lowest BCUT2D eigenvalue weighted by Gasteiger charge is -2.34. The van der Waals surface area contributed by atoms with Gasteiger partial charge in [0.2, 0.25) is 11.8 Å². The van der Waals surface area contributed by atoms with Crippen LogP contribution in [-0.4, -0.2) is 40.8 Å². The number of fused-ring (bicyclic) bond motifs is 1. The maximum absolute atomic E-state index is 12.9. The Morgan fingerprint density at radius 2 is 1.46 bits per heavy atom. The van der Waals surface area contributed by atoms with E-state index >= 15 is 0 Å². The van der Waals surface area contributed by atoms with E-state index in [0.29, 0.717) is 24.5 Å². The molecule has 6 nitrogen and oxygen atoms in total. The number of aryl methyl sites for hydroxylation is 1. The van der Waals surface area contributed by atoms with Gasteiger partial charge in [0.05, 0.1) is 12.2 Å². The molecule has 0 bridgehead atoms. The number of rotatable bonds is 19. The molecular formula is C34H50N4O2S. The largest absolute Gasteiger partial charge is 0.375 e. The highest BCUT2D eigenvalue weighted by molar-refractivity contribution is 7.15. The number of hydrogen-bond donors (Lipinski definition) is 2. The fraction of sp³-hybridized carbons (Fsp3) is 0.500. The van der Waals surface area contributed by atoms with Crippen molar-refractivity contribution in [1.82, 2.24) is 15.2 Å². The molecule has 0 aromatic carbocycles. The number of amides is 2. The van der Waals surface area contributed by atoms with Crippen LogP contribution < -0.4 is 11.1 Å². The molecule has 41 heavy (non-hydrogen) atoms. The van der Waals surface area contributed by atoms with Crippen LogP contribution in [-0.2, 0) is 22.4 Å². The first-order valence-corrected chi connectivity index (χ1v) is 16.1. The molecule has 0 fully saturated rings. The minimum absolute atomic E-state index is 0.0138. The van der Waals surface area contributed by atoms with Gasteiger partial charge >= 0.3 is 0 Å². The summed E-state index contributed by atoms with van der Waals surface area (Å²) in [5, 5.41) is 3.42. The smallest absolute Gasteiger partial charge is 0.242 e. The maximum Gasteiger partial charge on any atom is 0.242 e. The lowest BCUT2D eigenvalue weighted by Crippen LogP contribution is -2.47. The predicted octanol–water partition coefficient (Wildman–Crippen LogP) is 7.42. The van der Waals surface area contributed by atoms with E-state index in [2.05, 4.69) is 91.0 Å². The average molecular weight is 579 g/mol. The summed E-state index contributed by atoms with van der Waals surface area (Å²) in [6.07, 6.45) is 36.3. The number of hydrogen-bond acceptors (Lipinski definition) is 5. The molecule has 0 saturated carbocycles. The molecule has 1 aliphatic rings. The van der Waals surface area contributed by atoms with Crippen LogP contribution in [0.25, 0.3) is 0 Å². The van der Waals surface area contributed by atoms with E-state index in [4.69, 9.17) is 5.73 Å². The Morgan fingerprint density at radius 1 is 0.902 bits per heavy atom. The lowest BCUT2D eigenvalue weighted by molar-refractivity contribution is -0.135. The summed E-state index contributed by atoms with van der Waals surface area (Å²) in [6.45, 7) is 4.97. The van der Waals surface area contributed by atoms with E-state index in [1.807, 2.05) is 11.0 Å². The molecule has 7 heteroatoms. The Bertz CT molecular complexity index is 1080. The van der Waals surface area contributed by atoms with Crippen LogP contribution in [0.1, 0.15) is 88.6 Å². The van der Waals surface area contributed by atoms with E-state index in [1.165, 1.54) is 16.2 Å². The number of thiazole rings is 1. The minimum atomic E-state index is -0.0875. The van der Waals surface area contributed by atoms with Crippen molar-refractivity contribution in [3.8, 4) is 0 Å². The van der Waals surface area contributed by atoms with E-state index in [1.54, 1.807) is 0 Å². The van der Waals surface area contributed by atoms with Crippen LogP contribution in [0.2, 0.25) is 0 Å². The van der Waals surface area contributed by atoms with Gasteiger partial charge in [-0.3, -0.25) is 9.59 Å². The molecule has 1 heterocycles. The highest BCUT2D eigenvalue weighted by Gasteiger charge is 2.29. The van der Waals surface area contributed by atoms with Crippen LogP contribution in [0.15, 0.2) is 72.9 Å². The summed E-state index contributed by atoms with van der Waals surface area (Å²) in [5.74, 6) is -0.101. The first-order valence-electron chi connectivity index (χ1n) is 15.2. The summed E-state index contributed by atoms with van der Waals surface area (Å²) in [4.78, 5) is 32.8. The van der Waals surface area contributed by atoms with Gasteiger partial charge in [0.1, 0.15) is 0 Å². The van der Waals surface area contributed by atoms with Gasteiger partial charge in [-0.2, -0.15) is 0 Å². The normalized spacial score (nSPS) is 15.8. The van der Waals surface area contributed by atoms with Crippen molar-refractivity contribution < 1.29 is 9.59 Å². The molecule has 0 spiro atoms. The Balaban J connectivity index is 1.54. The number of nitrogens with one attached hydrogen (secondary N) is 1. The fourth-order valence-electron chi connectivity index (χ4n) is 4.61. The van der Waals surface area contributed by atoms with Crippen LogP contribution >= 0.6 is 11.3 Å². The molecule has 1 aliphatic carbocycles. The number of carbonyl (C=O) groups is 2. The van der Waals surface area contributed by atoms with Gasteiger partial charge in [0.15, 0.2) is 5.13 Å².